The number of benzene rings is 1. The maximum atomic E-state index is 12.5. The summed E-state index contributed by atoms with van der Waals surface area (Å²) in [5, 5.41) is 12.2. The van der Waals surface area contributed by atoms with Crippen molar-refractivity contribution in [3.63, 3.8) is 0 Å². The number of carboxylic acids is 1. The Balaban J connectivity index is 2.21. The summed E-state index contributed by atoms with van der Waals surface area (Å²) in [5.74, 6) is -1.04. The molecule has 1 aliphatic carbocycles. The van der Waals surface area contributed by atoms with Gasteiger partial charge in [0.2, 0.25) is 0 Å². The normalized spacial score (nSPS) is 17.2. The third kappa shape index (κ3) is 3.84. The number of carbonyl (C=O) groups is 2. The number of aliphatic carboxylic acids is 1. The molecule has 2 N–H and O–H groups in total. The van der Waals surface area contributed by atoms with E-state index in [-0.39, 0.29) is 12.3 Å². The maximum Gasteiger partial charge on any atom is 0.305 e. The van der Waals surface area contributed by atoms with Gasteiger partial charge >= 0.3 is 5.97 Å². The van der Waals surface area contributed by atoms with Gasteiger partial charge in [-0.15, -0.1) is 0 Å². The Labute approximate surface area is 133 Å². The molecule has 114 valence electrons. The Kier molecular flexibility index (Phi) is 5.04. The van der Waals surface area contributed by atoms with E-state index in [4.69, 9.17) is 5.11 Å². The topological polar surface area (TPSA) is 66.4 Å². The zero-order valence-electron chi connectivity index (χ0n) is 12.1. The second-order valence-corrected chi connectivity index (χ2v) is 6.63. The SMILES string of the molecule is Cc1c(Br)cccc1C(=O)NC1(CC(=O)O)CCCCC1. The van der Waals surface area contributed by atoms with Crippen LogP contribution in [0.1, 0.15) is 54.4 Å². The Morgan fingerprint density at radius 2 is 1.95 bits per heavy atom. The van der Waals surface area contributed by atoms with Crippen molar-refractivity contribution >= 4 is 27.8 Å². The molecule has 5 heteroatoms. The molecule has 0 spiro atoms. The van der Waals surface area contributed by atoms with Crippen molar-refractivity contribution in [1.29, 1.82) is 0 Å². The highest BCUT2D eigenvalue weighted by Gasteiger charge is 2.36. The van der Waals surface area contributed by atoms with Gasteiger partial charge in [0.25, 0.3) is 5.91 Å². The molecule has 4 nitrogen and oxygen atoms in total. The Hall–Kier alpha value is -1.36. The summed E-state index contributed by atoms with van der Waals surface area (Å²) < 4.78 is 0.881. The van der Waals surface area contributed by atoms with Crippen molar-refractivity contribution < 1.29 is 14.7 Å². The van der Waals surface area contributed by atoms with E-state index in [1.165, 1.54) is 0 Å². The lowest BCUT2D eigenvalue weighted by atomic mass is 9.79. The van der Waals surface area contributed by atoms with Crippen LogP contribution in [-0.4, -0.2) is 22.5 Å². The van der Waals surface area contributed by atoms with Crippen molar-refractivity contribution in [2.45, 2.75) is 51.0 Å². The quantitative estimate of drug-likeness (QED) is 0.867. The summed E-state index contributed by atoms with van der Waals surface area (Å²) in [6.07, 6.45) is 4.49. The molecular weight excluding hydrogens is 334 g/mol. The minimum absolute atomic E-state index is 0.00814. The van der Waals surface area contributed by atoms with Crippen LogP contribution in [0.4, 0.5) is 0 Å². The molecule has 21 heavy (non-hydrogen) atoms. The van der Waals surface area contributed by atoms with Gasteiger partial charge in [-0.3, -0.25) is 9.59 Å². The molecule has 0 aliphatic heterocycles. The maximum absolute atomic E-state index is 12.5. The Morgan fingerprint density at radius 3 is 2.57 bits per heavy atom. The summed E-state index contributed by atoms with van der Waals surface area (Å²) in [6, 6.07) is 5.48. The molecule has 2 rings (SSSR count). The molecule has 0 radical (unpaired) electrons. The van der Waals surface area contributed by atoms with Crippen LogP contribution < -0.4 is 5.32 Å². The summed E-state index contributed by atoms with van der Waals surface area (Å²) in [6.45, 7) is 1.88. The lowest BCUT2D eigenvalue weighted by Gasteiger charge is -2.37. The van der Waals surface area contributed by atoms with Crippen molar-refractivity contribution in [2.24, 2.45) is 0 Å². The van der Waals surface area contributed by atoms with Crippen LogP contribution in [0, 0.1) is 6.92 Å². The lowest BCUT2D eigenvalue weighted by molar-refractivity contribution is -0.139. The third-order valence-corrected chi connectivity index (χ3v) is 5.05. The standard InChI is InChI=1S/C16H20BrNO3/c1-11-12(6-5-7-13(11)17)15(21)18-16(10-14(19)20)8-3-2-4-9-16/h5-7H,2-4,8-10H2,1H3,(H,18,21)(H,19,20). The highest BCUT2D eigenvalue weighted by molar-refractivity contribution is 9.10. The number of amides is 1. The number of nitrogens with one attached hydrogen (secondary N) is 1. The van der Waals surface area contributed by atoms with E-state index >= 15 is 0 Å². The minimum atomic E-state index is -0.858. The molecule has 1 saturated carbocycles. The number of carbonyl (C=O) groups excluding carboxylic acids is 1. The second-order valence-electron chi connectivity index (χ2n) is 5.78. The average Bonchev–Trinajstić information content (AvgIpc) is 2.41. The second kappa shape index (κ2) is 6.60. The summed E-state index contributed by atoms with van der Waals surface area (Å²) >= 11 is 3.42. The van der Waals surface area contributed by atoms with Gasteiger partial charge in [-0.05, 0) is 37.5 Å². The van der Waals surface area contributed by atoms with Crippen LogP contribution in [0.2, 0.25) is 0 Å². The van der Waals surface area contributed by atoms with Gasteiger partial charge in [-0.1, -0.05) is 41.3 Å². The van der Waals surface area contributed by atoms with Gasteiger partial charge < -0.3 is 10.4 Å². The van der Waals surface area contributed by atoms with Crippen molar-refractivity contribution in [2.75, 3.05) is 0 Å². The number of rotatable bonds is 4. The first kappa shape index (κ1) is 16.0. The highest BCUT2D eigenvalue weighted by atomic mass is 79.9. The van der Waals surface area contributed by atoms with E-state index < -0.39 is 11.5 Å². The number of halogens is 1. The summed E-state index contributed by atoms with van der Waals surface area (Å²) in [7, 11) is 0. The lowest BCUT2D eigenvalue weighted by Crippen LogP contribution is -2.51. The predicted octanol–water partition coefficient (Wildman–Crippen LogP) is 3.66. The van der Waals surface area contributed by atoms with Crippen LogP contribution >= 0.6 is 15.9 Å². The molecule has 0 atom stereocenters. The largest absolute Gasteiger partial charge is 0.481 e. The molecule has 0 saturated heterocycles. The van der Waals surface area contributed by atoms with Crippen molar-refractivity contribution in [3.8, 4) is 0 Å². The molecule has 1 amide bonds. The summed E-state index contributed by atoms with van der Waals surface area (Å²) in [5.41, 5.74) is 0.867. The van der Waals surface area contributed by atoms with Gasteiger partial charge in [0.1, 0.15) is 0 Å². The number of hydrogen-bond acceptors (Lipinski definition) is 2. The molecule has 1 aliphatic rings. The molecule has 0 heterocycles. The first-order valence-corrected chi connectivity index (χ1v) is 8.02. The van der Waals surface area contributed by atoms with E-state index in [2.05, 4.69) is 21.2 Å². The van der Waals surface area contributed by atoms with Crippen LogP contribution in [-0.2, 0) is 4.79 Å². The van der Waals surface area contributed by atoms with E-state index in [0.717, 1.165) is 42.1 Å². The molecule has 1 aromatic carbocycles. The fourth-order valence-electron chi connectivity index (χ4n) is 3.03. The van der Waals surface area contributed by atoms with Crippen molar-refractivity contribution in [1.82, 2.24) is 5.32 Å². The smallest absolute Gasteiger partial charge is 0.305 e. The molecule has 0 bridgehead atoms. The first-order valence-electron chi connectivity index (χ1n) is 7.23. The molecule has 0 aromatic heterocycles. The van der Waals surface area contributed by atoms with Crippen LogP contribution in [0.5, 0.6) is 0 Å². The van der Waals surface area contributed by atoms with E-state index in [1.54, 1.807) is 6.07 Å². The molecule has 1 fully saturated rings. The van der Waals surface area contributed by atoms with Gasteiger partial charge in [0.05, 0.1) is 12.0 Å². The Morgan fingerprint density at radius 1 is 1.29 bits per heavy atom. The van der Waals surface area contributed by atoms with Crippen molar-refractivity contribution in [3.05, 3.63) is 33.8 Å². The first-order chi connectivity index (χ1) is 9.93. The molecule has 0 unspecified atom stereocenters. The van der Waals surface area contributed by atoms with E-state index in [1.807, 2.05) is 19.1 Å². The average molecular weight is 354 g/mol. The van der Waals surface area contributed by atoms with E-state index in [9.17, 15) is 9.59 Å². The van der Waals surface area contributed by atoms with Crippen LogP contribution in [0.15, 0.2) is 22.7 Å². The third-order valence-electron chi connectivity index (χ3n) is 4.19. The monoisotopic (exact) mass is 353 g/mol. The molecular formula is C16H20BrNO3. The van der Waals surface area contributed by atoms with Crippen LogP contribution in [0.3, 0.4) is 0 Å². The van der Waals surface area contributed by atoms with E-state index in [0.29, 0.717) is 5.56 Å². The van der Waals surface area contributed by atoms with Gasteiger partial charge in [0, 0.05) is 10.0 Å². The van der Waals surface area contributed by atoms with Gasteiger partial charge in [-0.25, -0.2) is 0 Å². The van der Waals surface area contributed by atoms with Gasteiger partial charge in [0.15, 0.2) is 0 Å². The Bertz CT molecular complexity index is 550. The minimum Gasteiger partial charge on any atom is -0.481 e. The summed E-state index contributed by atoms with van der Waals surface area (Å²) in [4.78, 5) is 23.7. The zero-order valence-corrected chi connectivity index (χ0v) is 13.7. The number of carboxylic acid groups (broad SMARTS) is 1. The highest BCUT2D eigenvalue weighted by Crippen LogP contribution is 2.32. The number of hydrogen-bond donors (Lipinski definition) is 2. The fourth-order valence-corrected chi connectivity index (χ4v) is 3.39. The fraction of sp³-hybridized carbons (Fsp3) is 0.500. The molecule has 1 aromatic rings. The van der Waals surface area contributed by atoms with Gasteiger partial charge in [-0.2, -0.15) is 0 Å². The zero-order chi connectivity index (χ0) is 15.5. The predicted molar refractivity (Wildman–Crippen MR) is 84.4 cm³/mol. The van der Waals surface area contributed by atoms with Crippen LogP contribution in [0.25, 0.3) is 0 Å².